The Labute approximate surface area is 362 Å². The van der Waals surface area contributed by atoms with Gasteiger partial charge in [0.2, 0.25) is 5.78 Å². The van der Waals surface area contributed by atoms with Crippen molar-refractivity contribution in [2.45, 2.75) is 4.90 Å². The van der Waals surface area contributed by atoms with Crippen molar-refractivity contribution in [3.05, 3.63) is 129 Å². The molecule has 2 aliphatic rings. The number of nitrogens with two attached hydrogens (primary N) is 1. The van der Waals surface area contributed by atoms with E-state index < -0.39 is 69.0 Å². The molecule has 4 N–H and O–H groups in total. The summed E-state index contributed by atoms with van der Waals surface area (Å²) in [5.74, 6) is -1.34. The Hall–Kier alpha value is -5.00. The molecule has 0 spiro atoms. The SMILES string of the molecule is Nc1c(N=Nc2ccc([N+](=O)[O-])cc2)c(S(=O)(=O)[O-])cc2c1C(=O)/C(=N\Nc1ccc(-c3ccc(NN=C4C=CC(=O)C=C4)cc3)cc1)C(S(=O)(=O)[O-])=C2.[Na+].[Na+]. The minimum atomic E-state index is -5.41. The van der Waals surface area contributed by atoms with Crippen molar-refractivity contribution in [1.82, 2.24) is 0 Å². The van der Waals surface area contributed by atoms with Gasteiger partial charge in [0.05, 0.1) is 48.7 Å². The van der Waals surface area contributed by atoms with Crippen LogP contribution in [0.15, 0.2) is 133 Å². The summed E-state index contributed by atoms with van der Waals surface area (Å²) in [7, 11) is -10.8. The monoisotopic (exact) mass is 812 g/mol. The molecule has 0 saturated carbocycles. The van der Waals surface area contributed by atoms with E-state index in [1.54, 1.807) is 48.6 Å². The first-order valence-electron chi connectivity index (χ1n) is 15.2. The number of hydrazone groups is 2. The van der Waals surface area contributed by atoms with Crippen molar-refractivity contribution in [2.24, 2.45) is 20.4 Å². The predicted molar refractivity (Wildman–Crippen MR) is 195 cm³/mol. The van der Waals surface area contributed by atoms with Crippen molar-refractivity contribution in [3.8, 4) is 11.1 Å². The number of rotatable bonds is 10. The maximum absolute atomic E-state index is 13.7. The summed E-state index contributed by atoms with van der Waals surface area (Å²) in [4.78, 5) is 33.1. The van der Waals surface area contributed by atoms with Gasteiger partial charge in [-0.05, 0) is 89.5 Å². The van der Waals surface area contributed by atoms with E-state index >= 15 is 0 Å². The van der Waals surface area contributed by atoms with Gasteiger partial charge in [0.25, 0.3) is 5.69 Å². The van der Waals surface area contributed by atoms with Crippen LogP contribution in [0.5, 0.6) is 0 Å². The van der Waals surface area contributed by atoms with Gasteiger partial charge in [-0.2, -0.15) is 15.3 Å². The molecule has 0 bridgehead atoms. The first-order valence-corrected chi connectivity index (χ1v) is 18.0. The van der Waals surface area contributed by atoms with Crippen molar-refractivity contribution in [3.63, 3.8) is 0 Å². The molecule has 6 rings (SSSR count). The molecular formula is C34H22N8Na2O10S2. The smallest absolute Gasteiger partial charge is 0.744 e. The van der Waals surface area contributed by atoms with Gasteiger partial charge in [-0.1, -0.05) is 24.3 Å². The van der Waals surface area contributed by atoms with E-state index in [9.17, 15) is 45.6 Å². The number of hydrogen-bond acceptors (Lipinski definition) is 17. The van der Waals surface area contributed by atoms with Gasteiger partial charge in [0, 0.05) is 12.1 Å². The molecule has 0 heterocycles. The van der Waals surface area contributed by atoms with Crippen LogP contribution < -0.4 is 75.7 Å². The molecule has 0 fully saturated rings. The number of nitrogens with zero attached hydrogens (tertiary/aromatic N) is 5. The van der Waals surface area contributed by atoms with Gasteiger partial charge >= 0.3 is 59.1 Å². The molecular weight excluding hydrogens is 791 g/mol. The number of nitro benzene ring substituents is 1. The number of ketones is 2. The van der Waals surface area contributed by atoms with E-state index in [0.29, 0.717) is 23.5 Å². The summed E-state index contributed by atoms with van der Waals surface area (Å²) in [5, 5.41) is 26.6. The van der Waals surface area contributed by atoms with Crippen LogP contribution in [-0.4, -0.2) is 53.9 Å². The molecule has 4 aromatic carbocycles. The second-order valence-corrected chi connectivity index (χ2v) is 14.0. The summed E-state index contributed by atoms with van der Waals surface area (Å²) in [6.07, 6.45) is 6.63. The molecule has 4 aromatic rings. The van der Waals surface area contributed by atoms with Gasteiger partial charge in [0.1, 0.15) is 31.6 Å². The molecule has 2 aliphatic carbocycles. The number of azo groups is 1. The molecule has 56 heavy (non-hydrogen) atoms. The average molecular weight is 813 g/mol. The Balaban J connectivity index is 0.00000348. The van der Waals surface area contributed by atoms with Crippen LogP contribution in [0, 0.1) is 10.1 Å². The zero-order chi connectivity index (χ0) is 38.8. The van der Waals surface area contributed by atoms with Gasteiger partial charge in [-0.15, -0.1) is 5.11 Å². The number of benzene rings is 4. The minimum Gasteiger partial charge on any atom is -0.744 e. The van der Waals surface area contributed by atoms with Crippen LogP contribution in [0.2, 0.25) is 0 Å². The molecule has 0 aliphatic heterocycles. The Bertz CT molecular complexity index is 2640. The number of allylic oxidation sites excluding steroid dienone is 5. The van der Waals surface area contributed by atoms with E-state index in [1.165, 1.54) is 24.3 Å². The number of hydrogen-bond donors (Lipinski definition) is 3. The van der Waals surface area contributed by atoms with Gasteiger partial charge in [-0.3, -0.25) is 30.6 Å². The number of nitrogen functional groups attached to an aromatic ring is 1. The van der Waals surface area contributed by atoms with Gasteiger partial charge in [-0.25, -0.2) is 16.8 Å². The number of carbonyl (C=O) groups excluding carboxylic acids is 2. The van der Waals surface area contributed by atoms with E-state index in [-0.39, 0.29) is 82.0 Å². The van der Waals surface area contributed by atoms with Crippen LogP contribution in [0.4, 0.5) is 34.1 Å². The maximum Gasteiger partial charge on any atom is 1.00 e. The number of non-ortho nitro benzene ring substituents is 1. The summed E-state index contributed by atoms with van der Waals surface area (Å²) in [5.41, 5.74) is 11.0. The zero-order valence-electron chi connectivity index (χ0n) is 29.1. The van der Waals surface area contributed by atoms with Crippen LogP contribution >= 0.6 is 0 Å². The Morgan fingerprint density at radius 1 is 0.696 bits per heavy atom. The summed E-state index contributed by atoms with van der Waals surface area (Å²) in [6.45, 7) is 0. The number of anilines is 3. The molecule has 0 unspecified atom stereocenters. The first kappa shape index (κ1) is 43.7. The van der Waals surface area contributed by atoms with E-state index in [1.807, 2.05) is 12.1 Å². The van der Waals surface area contributed by atoms with E-state index in [4.69, 9.17) is 5.73 Å². The molecule has 0 aromatic heterocycles. The van der Waals surface area contributed by atoms with Crippen LogP contribution in [0.3, 0.4) is 0 Å². The third-order valence-electron chi connectivity index (χ3n) is 7.71. The Kier molecular flexibility index (Phi) is 13.9. The normalized spacial score (nSPS) is 14.4. The average Bonchev–Trinajstić information content (AvgIpc) is 3.13. The number of carbonyl (C=O) groups is 2. The predicted octanol–water partition coefficient (Wildman–Crippen LogP) is -0.815. The number of nitrogens with one attached hydrogen (secondary N) is 2. The van der Waals surface area contributed by atoms with E-state index in [0.717, 1.165) is 23.3 Å². The minimum absolute atomic E-state index is 0. The van der Waals surface area contributed by atoms with Crippen molar-refractivity contribution >= 4 is 83.4 Å². The number of fused-ring (bicyclic) bond motifs is 1. The molecule has 22 heteroatoms. The molecule has 272 valence electrons. The zero-order valence-corrected chi connectivity index (χ0v) is 34.7. The first-order chi connectivity index (χ1) is 25.6. The molecule has 0 amide bonds. The Morgan fingerprint density at radius 3 is 1.73 bits per heavy atom. The second-order valence-electron chi connectivity index (χ2n) is 11.3. The maximum atomic E-state index is 13.7. The van der Waals surface area contributed by atoms with Crippen LogP contribution in [0.1, 0.15) is 15.9 Å². The third kappa shape index (κ3) is 10.0. The topological polar surface area (TPSA) is 291 Å². The largest absolute Gasteiger partial charge is 1.00 e. The van der Waals surface area contributed by atoms with Gasteiger partial charge in [0.15, 0.2) is 5.78 Å². The standard InChI is InChI=1S/C34H24N8O10S2.2Na/c35-31-30-21(17-28(53(47,48)49)32(31)40-38-24-9-13-26(14-10-24)42(45)46)18-29(54(50,51)52)33(34(30)44)41-39-23-7-3-20(4-8-23)19-1-5-22(6-2-19)36-37-25-11-15-27(43)16-12-25;;/h1-18,36,39H,35H2,(H,47,48,49)(H,50,51,52);;/q;2*+1/p-2/b40-38?,41-33-;;. The fourth-order valence-electron chi connectivity index (χ4n) is 5.08. The van der Waals surface area contributed by atoms with Crippen molar-refractivity contribution in [2.75, 3.05) is 16.6 Å². The fourth-order valence-corrected chi connectivity index (χ4v) is 6.38. The molecule has 0 atom stereocenters. The third-order valence-corrected chi connectivity index (χ3v) is 9.41. The van der Waals surface area contributed by atoms with Crippen molar-refractivity contribution < 1.29 is 99.6 Å². The number of Topliss-reactive ketones (excluding diaryl/α,β-unsaturated/α-hetero) is 1. The molecule has 18 nitrogen and oxygen atoms in total. The van der Waals surface area contributed by atoms with E-state index in [2.05, 4.69) is 31.3 Å². The van der Waals surface area contributed by atoms with Gasteiger partial charge < -0.3 is 14.8 Å². The summed E-state index contributed by atoms with van der Waals surface area (Å²) >= 11 is 0. The summed E-state index contributed by atoms with van der Waals surface area (Å²) < 4.78 is 73.4. The van der Waals surface area contributed by atoms with Crippen LogP contribution in [-0.2, 0) is 25.0 Å². The van der Waals surface area contributed by atoms with Crippen LogP contribution in [0.25, 0.3) is 17.2 Å². The Morgan fingerprint density at radius 2 is 1.23 bits per heavy atom. The number of nitro groups is 1. The van der Waals surface area contributed by atoms with Crippen molar-refractivity contribution in [1.29, 1.82) is 0 Å². The molecule has 0 radical (unpaired) electrons. The fraction of sp³-hybridized carbons (Fsp3) is 0. The quantitative estimate of drug-likeness (QED) is 0.0336. The molecule has 0 saturated heterocycles. The second kappa shape index (κ2) is 17.9. The summed E-state index contributed by atoms with van der Waals surface area (Å²) in [6, 6.07) is 18.9.